The van der Waals surface area contributed by atoms with Crippen LogP contribution < -0.4 is 15.4 Å². The summed E-state index contributed by atoms with van der Waals surface area (Å²) in [5.74, 6) is 1.76. The molecule has 26 heavy (non-hydrogen) atoms. The lowest BCUT2D eigenvalue weighted by Crippen LogP contribution is -2.49. The summed E-state index contributed by atoms with van der Waals surface area (Å²) >= 11 is 0. The summed E-state index contributed by atoms with van der Waals surface area (Å²) in [5, 5.41) is 12.6. The van der Waals surface area contributed by atoms with Gasteiger partial charge in [0, 0.05) is 54.4 Å². The highest BCUT2D eigenvalue weighted by Crippen LogP contribution is 2.28. The summed E-state index contributed by atoms with van der Waals surface area (Å²) in [5.41, 5.74) is 6.55. The van der Waals surface area contributed by atoms with Gasteiger partial charge in [0.15, 0.2) is 0 Å². The average molecular weight is 351 g/mol. The Morgan fingerprint density at radius 3 is 2.96 bits per heavy atom. The first-order valence-electron chi connectivity index (χ1n) is 8.64. The van der Waals surface area contributed by atoms with Gasteiger partial charge >= 0.3 is 0 Å². The van der Waals surface area contributed by atoms with Gasteiger partial charge < -0.3 is 20.5 Å². The van der Waals surface area contributed by atoms with E-state index >= 15 is 0 Å². The van der Waals surface area contributed by atoms with Crippen LogP contribution in [0.3, 0.4) is 0 Å². The van der Waals surface area contributed by atoms with Crippen molar-refractivity contribution in [3.63, 3.8) is 0 Å². The molecule has 1 saturated heterocycles. The number of nitrogen functional groups attached to an aromatic ring is 1. The molecule has 0 bridgehead atoms. The highest BCUT2D eigenvalue weighted by molar-refractivity contribution is 5.87. The molecular formula is C19H21N5O2. The van der Waals surface area contributed by atoms with Crippen LogP contribution in [-0.2, 0) is 0 Å². The molecule has 1 aliphatic rings. The van der Waals surface area contributed by atoms with Crippen molar-refractivity contribution < 1.29 is 9.84 Å². The standard InChI is InChI=1S/C19H21N5O2/c1-12-9-18(23-19(20)22-12)24-8-6-17(15(25)11-24)26-16-4-2-3-13-10-21-7-5-14(13)16/h2-5,7,9-10,15,17,25H,6,8,11H2,1H3,(H2,20,22,23)/t15-,17-/m1/s1. The van der Waals surface area contributed by atoms with Crippen molar-refractivity contribution in [1.29, 1.82) is 0 Å². The number of nitrogens with zero attached hydrogens (tertiary/aromatic N) is 4. The lowest BCUT2D eigenvalue weighted by atomic mass is 10.0. The van der Waals surface area contributed by atoms with Gasteiger partial charge in [0.05, 0.1) is 0 Å². The van der Waals surface area contributed by atoms with Gasteiger partial charge in [-0.25, -0.2) is 4.98 Å². The van der Waals surface area contributed by atoms with Gasteiger partial charge in [-0.3, -0.25) is 4.98 Å². The number of β-amino-alcohol motifs (C(OH)–C–C–N with tert-alkyl or cyclic N) is 1. The minimum Gasteiger partial charge on any atom is -0.487 e. The van der Waals surface area contributed by atoms with E-state index < -0.39 is 6.10 Å². The van der Waals surface area contributed by atoms with Gasteiger partial charge in [0.25, 0.3) is 0 Å². The largest absolute Gasteiger partial charge is 0.487 e. The van der Waals surface area contributed by atoms with E-state index in [4.69, 9.17) is 10.5 Å². The molecule has 134 valence electrons. The molecule has 4 rings (SSSR count). The van der Waals surface area contributed by atoms with E-state index in [0.29, 0.717) is 13.0 Å². The Hall–Kier alpha value is -2.93. The molecule has 3 N–H and O–H groups in total. The summed E-state index contributed by atoms with van der Waals surface area (Å²) in [6.07, 6.45) is 3.34. The third kappa shape index (κ3) is 3.25. The smallest absolute Gasteiger partial charge is 0.222 e. The monoisotopic (exact) mass is 351 g/mol. The maximum atomic E-state index is 10.6. The Labute approximate surface area is 151 Å². The fourth-order valence-corrected chi connectivity index (χ4v) is 3.35. The van der Waals surface area contributed by atoms with Crippen LogP contribution in [0.5, 0.6) is 5.75 Å². The minimum atomic E-state index is -0.627. The molecule has 0 radical (unpaired) electrons. The second-order valence-electron chi connectivity index (χ2n) is 6.54. The molecule has 0 amide bonds. The lowest BCUT2D eigenvalue weighted by Gasteiger charge is -2.36. The normalized spacial score (nSPS) is 20.3. The van der Waals surface area contributed by atoms with Crippen LogP contribution in [0.15, 0.2) is 42.7 Å². The maximum Gasteiger partial charge on any atom is 0.222 e. The number of aliphatic hydroxyl groups is 1. The first-order valence-corrected chi connectivity index (χ1v) is 8.64. The van der Waals surface area contributed by atoms with Crippen LogP contribution in [0.2, 0.25) is 0 Å². The molecule has 1 aliphatic heterocycles. The number of hydrogen-bond donors (Lipinski definition) is 2. The Kier molecular flexibility index (Phi) is 4.30. The number of nitrogens with two attached hydrogens (primary N) is 1. The van der Waals surface area contributed by atoms with Gasteiger partial charge in [-0.1, -0.05) is 12.1 Å². The van der Waals surface area contributed by atoms with Crippen LogP contribution in [0.4, 0.5) is 11.8 Å². The van der Waals surface area contributed by atoms with Gasteiger partial charge in [-0.15, -0.1) is 0 Å². The summed E-state index contributed by atoms with van der Waals surface area (Å²) in [6, 6.07) is 9.67. The average Bonchev–Trinajstić information content (AvgIpc) is 2.63. The molecule has 0 aliphatic carbocycles. The first kappa shape index (κ1) is 16.5. The molecule has 2 aromatic heterocycles. The second kappa shape index (κ2) is 6.76. The fourth-order valence-electron chi connectivity index (χ4n) is 3.35. The third-order valence-electron chi connectivity index (χ3n) is 4.62. The maximum absolute atomic E-state index is 10.6. The van der Waals surface area contributed by atoms with E-state index in [2.05, 4.69) is 15.0 Å². The number of aromatic nitrogens is 3. The number of hydrogen-bond acceptors (Lipinski definition) is 7. The van der Waals surface area contributed by atoms with Crippen molar-refractivity contribution in [1.82, 2.24) is 15.0 Å². The fraction of sp³-hybridized carbons (Fsp3) is 0.316. The molecule has 3 aromatic rings. The zero-order chi connectivity index (χ0) is 18.1. The molecule has 2 atom stereocenters. The number of fused-ring (bicyclic) bond motifs is 1. The highest BCUT2D eigenvalue weighted by Gasteiger charge is 2.30. The van der Waals surface area contributed by atoms with Crippen LogP contribution in [0, 0.1) is 6.92 Å². The van der Waals surface area contributed by atoms with Crippen molar-refractivity contribution in [2.75, 3.05) is 23.7 Å². The summed E-state index contributed by atoms with van der Waals surface area (Å²) in [6.45, 7) is 3.04. The van der Waals surface area contributed by atoms with Crippen LogP contribution in [0.25, 0.3) is 10.8 Å². The number of piperidine rings is 1. The number of benzene rings is 1. The topological polar surface area (TPSA) is 97.4 Å². The van der Waals surface area contributed by atoms with Crippen LogP contribution in [0.1, 0.15) is 12.1 Å². The molecular weight excluding hydrogens is 330 g/mol. The number of pyridine rings is 1. The molecule has 1 aromatic carbocycles. The van der Waals surface area contributed by atoms with Crippen molar-refractivity contribution in [3.05, 3.63) is 48.4 Å². The number of aliphatic hydroxyl groups excluding tert-OH is 1. The third-order valence-corrected chi connectivity index (χ3v) is 4.62. The van der Waals surface area contributed by atoms with E-state index in [-0.39, 0.29) is 12.1 Å². The predicted molar refractivity (Wildman–Crippen MR) is 100 cm³/mol. The molecule has 0 unspecified atom stereocenters. The highest BCUT2D eigenvalue weighted by atomic mass is 16.5. The van der Waals surface area contributed by atoms with Gasteiger partial charge in [0.2, 0.25) is 5.95 Å². The zero-order valence-electron chi connectivity index (χ0n) is 14.5. The second-order valence-corrected chi connectivity index (χ2v) is 6.54. The Morgan fingerprint density at radius 1 is 1.27 bits per heavy atom. The quantitative estimate of drug-likeness (QED) is 0.744. The number of rotatable bonds is 3. The Balaban J connectivity index is 1.50. The molecule has 0 saturated carbocycles. The molecule has 1 fully saturated rings. The van der Waals surface area contributed by atoms with Gasteiger partial charge in [-0.05, 0) is 19.1 Å². The first-order chi connectivity index (χ1) is 12.6. The molecule has 0 spiro atoms. The lowest BCUT2D eigenvalue weighted by molar-refractivity contribution is 0.0249. The van der Waals surface area contributed by atoms with Gasteiger partial charge in [-0.2, -0.15) is 4.98 Å². The number of aryl methyl sites for hydroxylation is 1. The molecule has 3 heterocycles. The van der Waals surface area contributed by atoms with E-state index in [1.54, 1.807) is 6.20 Å². The SMILES string of the molecule is Cc1cc(N2CC[C@@H](Oc3cccc4cnccc34)[C@H](O)C2)nc(N)n1. The van der Waals surface area contributed by atoms with E-state index in [1.165, 1.54) is 0 Å². The zero-order valence-corrected chi connectivity index (χ0v) is 14.5. The Bertz CT molecular complexity index is 907. The van der Waals surface area contributed by atoms with Crippen LogP contribution >= 0.6 is 0 Å². The number of anilines is 2. The van der Waals surface area contributed by atoms with Crippen molar-refractivity contribution >= 4 is 22.5 Å². The van der Waals surface area contributed by atoms with Crippen LogP contribution in [-0.4, -0.2) is 45.4 Å². The minimum absolute atomic E-state index is 0.247. The van der Waals surface area contributed by atoms with E-state index in [1.807, 2.05) is 48.4 Å². The summed E-state index contributed by atoms with van der Waals surface area (Å²) in [7, 11) is 0. The van der Waals surface area contributed by atoms with Crippen molar-refractivity contribution in [2.24, 2.45) is 0 Å². The number of ether oxygens (including phenoxy) is 1. The van der Waals surface area contributed by atoms with Crippen molar-refractivity contribution in [2.45, 2.75) is 25.6 Å². The summed E-state index contributed by atoms with van der Waals surface area (Å²) in [4.78, 5) is 14.5. The Morgan fingerprint density at radius 2 is 2.15 bits per heavy atom. The van der Waals surface area contributed by atoms with E-state index in [0.717, 1.165) is 34.6 Å². The van der Waals surface area contributed by atoms with Crippen molar-refractivity contribution in [3.8, 4) is 5.75 Å². The predicted octanol–water partition coefficient (Wildman–Crippen LogP) is 1.93. The van der Waals surface area contributed by atoms with Gasteiger partial charge in [0.1, 0.15) is 23.8 Å². The molecule has 7 heteroatoms. The van der Waals surface area contributed by atoms with E-state index in [9.17, 15) is 5.11 Å². The molecule has 7 nitrogen and oxygen atoms in total. The summed E-state index contributed by atoms with van der Waals surface area (Å²) < 4.78 is 6.15.